The summed E-state index contributed by atoms with van der Waals surface area (Å²) >= 11 is 11.9. The van der Waals surface area contributed by atoms with Gasteiger partial charge in [-0.25, -0.2) is 0 Å². The lowest BCUT2D eigenvalue weighted by molar-refractivity contribution is -0.124. The van der Waals surface area contributed by atoms with Gasteiger partial charge in [0.05, 0.1) is 10.0 Å². The fraction of sp³-hybridized carbons (Fsp3) is 0.529. The maximum Gasteiger partial charge on any atom is 0.254 e. The lowest BCUT2D eigenvalue weighted by Gasteiger charge is -2.24. The third-order valence-electron chi connectivity index (χ3n) is 4.01. The van der Waals surface area contributed by atoms with Crippen molar-refractivity contribution in [3.05, 3.63) is 33.8 Å². The fourth-order valence-corrected chi connectivity index (χ4v) is 3.07. The Bertz CT molecular complexity index is 599. The van der Waals surface area contributed by atoms with E-state index in [2.05, 4.69) is 17.6 Å². The third kappa shape index (κ3) is 6.03. The Morgan fingerprint density at radius 2 is 1.96 bits per heavy atom. The molecule has 2 N–H and O–H groups in total. The van der Waals surface area contributed by atoms with Gasteiger partial charge in [0.1, 0.15) is 6.04 Å². The first-order valence-corrected chi connectivity index (χ1v) is 9.04. The Kier molecular flexibility index (Phi) is 9.57. The van der Waals surface area contributed by atoms with E-state index in [1.54, 1.807) is 23.1 Å². The number of halogens is 3. The van der Waals surface area contributed by atoms with Gasteiger partial charge in [-0.2, -0.15) is 0 Å². The molecule has 140 valence electrons. The highest BCUT2D eigenvalue weighted by atomic mass is 35.5. The van der Waals surface area contributed by atoms with E-state index in [-0.39, 0.29) is 24.2 Å². The topological polar surface area (TPSA) is 61.4 Å². The molecule has 1 aromatic carbocycles. The molecular formula is C17H24Cl3N3O2. The summed E-state index contributed by atoms with van der Waals surface area (Å²) in [7, 11) is 0. The van der Waals surface area contributed by atoms with Gasteiger partial charge in [0.2, 0.25) is 5.91 Å². The van der Waals surface area contributed by atoms with Gasteiger partial charge in [-0.1, -0.05) is 30.1 Å². The van der Waals surface area contributed by atoms with Crippen molar-refractivity contribution in [3.8, 4) is 0 Å². The molecule has 0 aliphatic carbocycles. The fourth-order valence-electron chi connectivity index (χ4n) is 2.77. The number of likely N-dealkylation sites (tertiary alicyclic amines) is 1. The zero-order chi connectivity index (χ0) is 17.5. The van der Waals surface area contributed by atoms with Crippen LogP contribution in [-0.2, 0) is 4.79 Å². The van der Waals surface area contributed by atoms with Crippen LogP contribution < -0.4 is 10.6 Å². The number of nitrogens with one attached hydrogen (secondary N) is 2. The van der Waals surface area contributed by atoms with E-state index in [0.29, 0.717) is 35.1 Å². The number of amides is 2. The standard InChI is InChI=1S/C17H23Cl2N3O2.ClH/c1-2-7-20-8-9-21-16(23)15-4-3-10-22(15)17(24)12-5-6-13(18)14(19)11-12;/h5-6,11,15,20H,2-4,7-10H2,1H3,(H,21,23);1H. The van der Waals surface area contributed by atoms with E-state index < -0.39 is 6.04 Å². The van der Waals surface area contributed by atoms with E-state index >= 15 is 0 Å². The van der Waals surface area contributed by atoms with Crippen molar-refractivity contribution in [2.24, 2.45) is 0 Å². The molecule has 2 rings (SSSR count). The first-order valence-electron chi connectivity index (χ1n) is 8.29. The van der Waals surface area contributed by atoms with Crippen molar-refractivity contribution in [1.82, 2.24) is 15.5 Å². The van der Waals surface area contributed by atoms with Crippen LogP contribution >= 0.6 is 35.6 Å². The maximum absolute atomic E-state index is 12.7. The summed E-state index contributed by atoms with van der Waals surface area (Å²) in [5.74, 6) is -0.283. The molecule has 0 spiro atoms. The normalized spacial score (nSPS) is 16.4. The van der Waals surface area contributed by atoms with Crippen LogP contribution in [0.3, 0.4) is 0 Å². The Morgan fingerprint density at radius 1 is 1.20 bits per heavy atom. The average Bonchev–Trinajstić information content (AvgIpc) is 3.06. The molecular weight excluding hydrogens is 385 g/mol. The lowest BCUT2D eigenvalue weighted by atomic mass is 10.1. The van der Waals surface area contributed by atoms with Gasteiger partial charge < -0.3 is 15.5 Å². The van der Waals surface area contributed by atoms with Gasteiger partial charge in [-0.3, -0.25) is 9.59 Å². The van der Waals surface area contributed by atoms with Crippen LogP contribution in [0.25, 0.3) is 0 Å². The Morgan fingerprint density at radius 3 is 2.64 bits per heavy atom. The molecule has 25 heavy (non-hydrogen) atoms. The number of carbonyl (C=O) groups excluding carboxylic acids is 2. The summed E-state index contributed by atoms with van der Waals surface area (Å²) in [6, 6.07) is 4.37. The number of benzene rings is 1. The van der Waals surface area contributed by atoms with E-state index in [1.165, 1.54) is 0 Å². The summed E-state index contributed by atoms with van der Waals surface area (Å²) in [5, 5.41) is 6.87. The Balaban J connectivity index is 0.00000312. The zero-order valence-electron chi connectivity index (χ0n) is 14.2. The van der Waals surface area contributed by atoms with E-state index in [1.807, 2.05) is 0 Å². The number of hydrogen-bond donors (Lipinski definition) is 2. The minimum absolute atomic E-state index is 0. The minimum atomic E-state index is -0.418. The second-order valence-corrected chi connectivity index (χ2v) is 6.64. The van der Waals surface area contributed by atoms with Crippen LogP contribution in [0.15, 0.2) is 18.2 Å². The van der Waals surface area contributed by atoms with Crippen molar-refractivity contribution < 1.29 is 9.59 Å². The van der Waals surface area contributed by atoms with Gasteiger partial charge >= 0.3 is 0 Å². The summed E-state index contributed by atoms with van der Waals surface area (Å²) in [6.07, 6.45) is 2.56. The molecule has 1 atom stereocenters. The molecule has 1 saturated heterocycles. The summed E-state index contributed by atoms with van der Waals surface area (Å²) in [6.45, 7) is 4.89. The Labute approximate surface area is 164 Å². The second kappa shape index (κ2) is 10.9. The van der Waals surface area contributed by atoms with Crippen LogP contribution in [0.4, 0.5) is 0 Å². The monoisotopic (exact) mass is 407 g/mol. The van der Waals surface area contributed by atoms with Crippen LogP contribution in [-0.4, -0.2) is 48.9 Å². The molecule has 0 saturated carbocycles. The number of nitrogens with zero attached hydrogens (tertiary/aromatic N) is 1. The zero-order valence-corrected chi connectivity index (χ0v) is 16.5. The first kappa shape index (κ1) is 22.0. The molecule has 1 aliphatic rings. The SMILES string of the molecule is CCCNCCNC(=O)C1CCCN1C(=O)c1ccc(Cl)c(Cl)c1.Cl. The smallest absolute Gasteiger partial charge is 0.254 e. The van der Waals surface area contributed by atoms with Crippen molar-refractivity contribution in [3.63, 3.8) is 0 Å². The Hall–Kier alpha value is -1.01. The molecule has 0 aromatic heterocycles. The van der Waals surface area contributed by atoms with Crippen molar-refractivity contribution in [1.29, 1.82) is 0 Å². The largest absolute Gasteiger partial charge is 0.353 e. The van der Waals surface area contributed by atoms with Crippen LogP contribution in [0, 0.1) is 0 Å². The highest BCUT2D eigenvalue weighted by molar-refractivity contribution is 6.42. The van der Waals surface area contributed by atoms with Gasteiger partial charge in [-0.05, 0) is 44.0 Å². The van der Waals surface area contributed by atoms with E-state index in [9.17, 15) is 9.59 Å². The van der Waals surface area contributed by atoms with E-state index in [0.717, 1.165) is 25.9 Å². The van der Waals surface area contributed by atoms with Gasteiger partial charge in [-0.15, -0.1) is 12.4 Å². The van der Waals surface area contributed by atoms with Crippen molar-refractivity contribution in [2.45, 2.75) is 32.2 Å². The van der Waals surface area contributed by atoms with Crippen molar-refractivity contribution >= 4 is 47.4 Å². The predicted octanol–water partition coefficient (Wildman–Crippen LogP) is 3.14. The minimum Gasteiger partial charge on any atom is -0.353 e. The van der Waals surface area contributed by atoms with Crippen molar-refractivity contribution in [2.75, 3.05) is 26.2 Å². The van der Waals surface area contributed by atoms with Crippen LogP contribution in [0.5, 0.6) is 0 Å². The van der Waals surface area contributed by atoms with E-state index in [4.69, 9.17) is 23.2 Å². The molecule has 8 heteroatoms. The molecule has 1 fully saturated rings. The quantitative estimate of drug-likeness (QED) is 0.681. The molecule has 1 aromatic rings. The predicted molar refractivity (Wildman–Crippen MR) is 104 cm³/mol. The molecule has 1 heterocycles. The van der Waals surface area contributed by atoms with Crippen LogP contribution in [0.2, 0.25) is 10.0 Å². The molecule has 5 nitrogen and oxygen atoms in total. The number of rotatable bonds is 7. The molecule has 1 unspecified atom stereocenters. The number of hydrogen-bond acceptors (Lipinski definition) is 3. The first-order chi connectivity index (χ1) is 11.5. The lowest BCUT2D eigenvalue weighted by Crippen LogP contribution is -2.47. The summed E-state index contributed by atoms with van der Waals surface area (Å²) < 4.78 is 0. The number of carbonyl (C=O) groups is 2. The highest BCUT2D eigenvalue weighted by Gasteiger charge is 2.34. The highest BCUT2D eigenvalue weighted by Crippen LogP contribution is 2.25. The van der Waals surface area contributed by atoms with Crippen LogP contribution in [0.1, 0.15) is 36.5 Å². The summed E-state index contributed by atoms with van der Waals surface area (Å²) in [4.78, 5) is 26.7. The maximum atomic E-state index is 12.7. The van der Waals surface area contributed by atoms with Gasteiger partial charge in [0.25, 0.3) is 5.91 Å². The van der Waals surface area contributed by atoms with Gasteiger partial charge in [0, 0.05) is 25.2 Å². The molecule has 0 bridgehead atoms. The second-order valence-electron chi connectivity index (χ2n) is 5.83. The third-order valence-corrected chi connectivity index (χ3v) is 4.75. The molecule has 2 amide bonds. The van der Waals surface area contributed by atoms with Gasteiger partial charge in [0.15, 0.2) is 0 Å². The average molecular weight is 409 g/mol. The molecule has 1 aliphatic heterocycles. The summed E-state index contributed by atoms with van der Waals surface area (Å²) in [5.41, 5.74) is 0.453. The molecule has 0 radical (unpaired) electrons.